The van der Waals surface area contributed by atoms with Gasteiger partial charge in [-0.3, -0.25) is 0 Å². The van der Waals surface area contributed by atoms with E-state index in [0.29, 0.717) is 0 Å². The van der Waals surface area contributed by atoms with Crippen molar-refractivity contribution in [3.05, 3.63) is 255 Å². The van der Waals surface area contributed by atoms with Crippen LogP contribution in [-0.2, 0) is 0 Å². The van der Waals surface area contributed by atoms with Gasteiger partial charge < -0.3 is 18.9 Å². The Kier molecular flexibility index (Phi) is 10.7. The highest BCUT2D eigenvalue weighted by Gasteiger charge is 2.18. The smallest absolute Gasteiger partial charge is 0.0542 e. The average molecular weight is 849 g/mol. The van der Waals surface area contributed by atoms with Crippen LogP contribution in [0.15, 0.2) is 255 Å². The van der Waals surface area contributed by atoms with Crippen LogP contribution in [0.25, 0.3) is 77.2 Å². The Morgan fingerprint density at radius 1 is 0.273 bits per heavy atom. The molecule has 4 heteroatoms. The van der Waals surface area contributed by atoms with Crippen LogP contribution >= 0.6 is 0 Å². The number of anilines is 4. The highest BCUT2D eigenvalue weighted by molar-refractivity contribution is 6.12. The third kappa shape index (κ3) is 7.44. The lowest BCUT2D eigenvalue weighted by molar-refractivity contribution is 1.18. The van der Waals surface area contributed by atoms with Gasteiger partial charge in [0.25, 0.3) is 0 Å². The first kappa shape index (κ1) is 40.2. The molecule has 66 heavy (non-hydrogen) atoms. The highest BCUT2D eigenvalue weighted by atomic mass is 15.1. The second kappa shape index (κ2) is 17.5. The molecule has 12 aromatic rings. The maximum Gasteiger partial charge on any atom is 0.0542 e. The number of benzene rings is 10. The molecule has 0 saturated heterocycles. The van der Waals surface area contributed by atoms with Gasteiger partial charge in [-0.15, -0.1) is 0 Å². The van der Waals surface area contributed by atoms with Crippen molar-refractivity contribution in [1.29, 1.82) is 0 Å². The summed E-state index contributed by atoms with van der Waals surface area (Å²) in [6, 6.07) is 90.6. The minimum atomic E-state index is 1.17. The molecule has 0 radical (unpaired) electrons. The molecule has 4 nitrogen and oxygen atoms in total. The van der Waals surface area contributed by atoms with Crippen molar-refractivity contribution >= 4 is 66.4 Å². The van der Waals surface area contributed by atoms with Crippen molar-refractivity contribution < 1.29 is 0 Å². The van der Waals surface area contributed by atoms with E-state index >= 15 is 0 Å². The van der Waals surface area contributed by atoms with Crippen molar-refractivity contribution in [2.24, 2.45) is 0 Å². The molecule has 0 aliphatic heterocycles. The van der Waals surface area contributed by atoms with Gasteiger partial charge in [-0.1, -0.05) is 164 Å². The predicted molar refractivity (Wildman–Crippen MR) is 281 cm³/mol. The van der Waals surface area contributed by atoms with E-state index in [-0.39, 0.29) is 0 Å². The first-order chi connectivity index (χ1) is 32.6. The minimum Gasteiger partial charge on any atom is -0.345 e. The lowest BCUT2D eigenvalue weighted by Gasteiger charge is -2.20. The Balaban J connectivity index is 0.000000146. The molecule has 2 aromatic heterocycles. The van der Waals surface area contributed by atoms with Crippen LogP contribution in [0.3, 0.4) is 0 Å². The highest BCUT2D eigenvalue weighted by Crippen LogP contribution is 2.39. The SMILES string of the molecule is CN(c1ccccc1)c1ccc2c(c1)c1ccccc1n2-c1cccc(-c2ccccc2)c1.CN(c1ccccc1)c1ccc2c(c1)c1ccccc1n2-c1ccccc1-c1ccccc1. The van der Waals surface area contributed by atoms with E-state index < -0.39 is 0 Å². The fourth-order valence-corrected chi connectivity index (χ4v) is 9.46. The van der Waals surface area contributed by atoms with E-state index in [0.717, 1.165) is 0 Å². The lowest BCUT2D eigenvalue weighted by Crippen LogP contribution is -2.08. The summed E-state index contributed by atoms with van der Waals surface area (Å²) in [5.41, 5.74) is 16.8. The molecule has 0 bridgehead atoms. The van der Waals surface area contributed by atoms with Gasteiger partial charge in [-0.2, -0.15) is 0 Å². The molecule has 10 aromatic carbocycles. The maximum atomic E-state index is 2.40. The second-order valence-electron chi connectivity index (χ2n) is 16.7. The number of aromatic nitrogens is 2. The number of hydrogen-bond donors (Lipinski definition) is 0. The van der Waals surface area contributed by atoms with E-state index in [9.17, 15) is 0 Å². The largest absolute Gasteiger partial charge is 0.345 e. The number of nitrogens with zero attached hydrogens (tertiary/aromatic N) is 4. The number of para-hydroxylation sites is 5. The molecule has 0 spiro atoms. The lowest BCUT2D eigenvalue weighted by atomic mass is 10.0. The summed E-state index contributed by atoms with van der Waals surface area (Å²) in [6.45, 7) is 0. The first-order valence-corrected chi connectivity index (χ1v) is 22.6. The van der Waals surface area contributed by atoms with Crippen molar-refractivity contribution in [3.63, 3.8) is 0 Å². The summed E-state index contributed by atoms with van der Waals surface area (Å²) in [4.78, 5) is 4.48. The van der Waals surface area contributed by atoms with Crippen molar-refractivity contribution in [2.75, 3.05) is 23.9 Å². The van der Waals surface area contributed by atoms with Gasteiger partial charge in [-0.05, 0) is 108 Å². The zero-order valence-electron chi connectivity index (χ0n) is 37.0. The van der Waals surface area contributed by atoms with E-state index in [1.54, 1.807) is 0 Å². The molecular formula is C62H48N4. The van der Waals surface area contributed by atoms with Crippen molar-refractivity contribution in [1.82, 2.24) is 9.13 Å². The summed E-state index contributed by atoms with van der Waals surface area (Å²) in [5, 5.41) is 5.05. The van der Waals surface area contributed by atoms with Gasteiger partial charge in [0.15, 0.2) is 0 Å². The average Bonchev–Trinajstić information content (AvgIpc) is 3.91. The molecule has 0 amide bonds. The minimum absolute atomic E-state index is 1.17. The van der Waals surface area contributed by atoms with Gasteiger partial charge >= 0.3 is 0 Å². The Morgan fingerprint density at radius 3 is 1.27 bits per heavy atom. The van der Waals surface area contributed by atoms with E-state index in [2.05, 4.69) is 288 Å². The number of hydrogen-bond acceptors (Lipinski definition) is 2. The summed E-state index contributed by atoms with van der Waals surface area (Å²) in [5.74, 6) is 0. The second-order valence-corrected chi connectivity index (χ2v) is 16.7. The fraction of sp³-hybridized carbons (Fsp3) is 0.0323. The Morgan fingerprint density at radius 2 is 0.697 bits per heavy atom. The van der Waals surface area contributed by atoms with Crippen LogP contribution in [0.5, 0.6) is 0 Å². The summed E-state index contributed by atoms with van der Waals surface area (Å²) in [7, 11) is 4.25. The topological polar surface area (TPSA) is 16.3 Å². The summed E-state index contributed by atoms with van der Waals surface area (Å²) < 4.78 is 4.78. The van der Waals surface area contributed by atoms with Gasteiger partial charge in [0.05, 0.1) is 27.8 Å². The van der Waals surface area contributed by atoms with Gasteiger partial charge in [0, 0.05) is 69.6 Å². The van der Waals surface area contributed by atoms with Crippen molar-refractivity contribution in [2.45, 2.75) is 0 Å². The summed E-state index contributed by atoms with van der Waals surface area (Å²) >= 11 is 0. The van der Waals surface area contributed by atoms with Gasteiger partial charge in [0.2, 0.25) is 0 Å². The fourth-order valence-electron chi connectivity index (χ4n) is 9.46. The molecule has 0 fully saturated rings. The van der Waals surface area contributed by atoms with Gasteiger partial charge in [0.1, 0.15) is 0 Å². The molecule has 0 saturated carbocycles. The first-order valence-electron chi connectivity index (χ1n) is 22.6. The molecule has 0 atom stereocenters. The van der Waals surface area contributed by atoms with E-state index in [1.165, 1.54) is 100.0 Å². The van der Waals surface area contributed by atoms with Crippen LogP contribution in [0.2, 0.25) is 0 Å². The third-order valence-corrected chi connectivity index (χ3v) is 12.8. The van der Waals surface area contributed by atoms with Gasteiger partial charge in [-0.25, -0.2) is 0 Å². The molecule has 0 unspecified atom stereocenters. The number of fused-ring (bicyclic) bond motifs is 6. The molecule has 0 aliphatic carbocycles. The quantitative estimate of drug-likeness (QED) is 0.151. The summed E-state index contributed by atoms with van der Waals surface area (Å²) in [6.07, 6.45) is 0. The Hall–Kier alpha value is -8.60. The van der Waals surface area contributed by atoms with Crippen LogP contribution in [0.1, 0.15) is 0 Å². The zero-order valence-corrected chi connectivity index (χ0v) is 37.0. The molecular weight excluding hydrogens is 801 g/mol. The monoisotopic (exact) mass is 848 g/mol. The third-order valence-electron chi connectivity index (χ3n) is 12.8. The van der Waals surface area contributed by atoms with E-state index in [1.807, 2.05) is 0 Å². The van der Waals surface area contributed by atoms with E-state index in [4.69, 9.17) is 0 Å². The van der Waals surface area contributed by atoms with Crippen LogP contribution < -0.4 is 9.80 Å². The van der Waals surface area contributed by atoms with Crippen LogP contribution in [0, 0.1) is 0 Å². The van der Waals surface area contributed by atoms with Crippen LogP contribution in [0.4, 0.5) is 22.7 Å². The molecule has 0 aliphatic rings. The zero-order chi connectivity index (χ0) is 44.4. The standard InChI is InChI=1S/2C31H24N2/c1-32(24-14-6-3-7-15-24)25-20-21-31-28(22-25)27-17-9-11-19-30(27)33(31)29-18-10-8-16-26(29)23-12-4-2-5-13-23;1-32(25-14-6-3-7-15-25)26-19-20-31-29(22-26)28-17-8-9-18-30(28)33(31)27-16-10-13-24(21-27)23-11-4-2-5-12-23/h2*2-22H,1H3. The molecule has 316 valence electrons. The maximum absolute atomic E-state index is 2.40. The number of rotatable bonds is 8. The Bertz CT molecular complexity index is 3610. The molecule has 2 heterocycles. The Labute approximate surface area is 386 Å². The molecule has 12 rings (SSSR count). The van der Waals surface area contributed by atoms with Crippen LogP contribution in [-0.4, -0.2) is 23.2 Å². The predicted octanol–water partition coefficient (Wildman–Crippen LogP) is 16.4. The van der Waals surface area contributed by atoms with Crippen molar-refractivity contribution in [3.8, 4) is 33.6 Å². The molecule has 0 N–H and O–H groups in total. The normalized spacial score (nSPS) is 11.2.